The molecule has 1 aromatic carbocycles. The SMILES string of the molecule is CCN1CCNCCN(Cc2ccccc2)CCN(CC)CCOCCOCC1. The van der Waals surface area contributed by atoms with Crippen molar-refractivity contribution >= 4 is 0 Å². The van der Waals surface area contributed by atoms with Crippen molar-refractivity contribution in [3.8, 4) is 0 Å². The maximum absolute atomic E-state index is 5.78. The van der Waals surface area contributed by atoms with Gasteiger partial charge in [-0.05, 0) is 18.7 Å². The molecule has 166 valence electrons. The van der Waals surface area contributed by atoms with E-state index in [1.807, 2.05) is 0 Å². The molecule has 0 saturated carbocycles. The topological polar surface area (TPSA) is 40.2 Å². The van der Waals surface area contributed by atoms with Gasteiger partial charge in [0.25, 0.3) is 0 Å². The van der Waals surface area contributed by atoms with Crippen LogP contribution in [0.25, 0.3) is 0 Å². The van der Waals surface area contributed by atoms with Gasteiger partial charge in [0.1, 0.15) is 0 Å². The highest BCUT2D eigenvalue weighted by Crippen LogP contribution is 2.04. The van der Waals surface area contributed by atoms with Crippen LogP contribution in [0.2, 0.25) is 0 Å². The normalized spacial score (nSPS) is 21.4. The molecule has 29 heavy (non-hydrogen) atoms. The van der Waals surface area contributed by atoms with Crippen molar-refractivity contribution in [1.29, 1.82) is 0 Å². The van der Waals surface area contributed by atoms with Crippen LogP contribution in [0.5, 0.6) is 0 Å². The van der Waals surface area contributed by atoms with E-state index < -0.39 is 0 Å². The molecule has 1 aliphatic heterocycles. The summed E-state index contributed by atoms with van der Waals surface area (Å²) in [5.74, 6) is 0. The fourth-order valence-electron chi connectivity index (χ4n) is 3.56. The smallest absolute Gasteiger partial charge is 0.0701 e. The molecule has 1 fully saturated rings. The Kier molecular flexibility index (Phi) is 13.2. The summed E-state index contributed by atoms with van der Waals surface area (Å²) in [6.45, 7) is 18.8. The summed E-state index contributed by atoms with van der Waals surface area (Å²) in [7, 11) is 0. The Morgan fingerprint density at radius 1 is 0.690 bits per heavy atom. The van der Waals surface area contributed by atoms with Crippen molar-refractivity contribution in [2.75, 3.05) is 91.9 Å². The van der Waals surface area contributed by atoms with Crippen LogP contribution in [0.1, 0.15) is 19.4 Å². The number of ether oxygens (including phenoxy) is 2. The first-order valence-corrected chi connectivity index (χ1v) is 11.4. The summed E-state index contributed by atoms with van der Waals surface area (Å²) in [6, 6.07) is 10.8. The van der Waals surface area contributed by atoms with Crippen molar-refractivity contribution < 1.29 is 9.47 Å². The molecule has 1 N–H and O–H groups in total. The lowest BCUT2D eigenvalue weighted by molar-refractivity contribution is 0.0308. The quantitative estimate of drug-likeness (QED) is 0.822. The van der Waals surface area contributed by atoms with Crippen LogP contribution >= 0.6 is 0 Å². The Balaban J connectivity index is 1.88. The molecular formula is C23H42N4O2. The number of likely N-dealkylation sites (N-methyl/N-ethyl adjacent to an activating group) is 2. The van der Waals surface area contributed by atoms with E-state index >= 15 is 0 Å². The molecule has 0 unspecified atom stereocenters. The summed E-state index contributed by atoms with van der Waals surface area (Å²) in [5, 5.41) is 3.64. The van der Waals surface area contributed by atoms with Gasteiger partial charge in [-0.1, -0.05) is 44.2 Å². The van der Waals surface area contributed by atoms with Gasteiger partial charge >= 0.3 is 0 Å². The molecule has 0 atom stereocenters. The minimum absolute atomic E-state index is 0.686. The lowest BCUT2D eigenvalue weighted by Gasteiger charge is -2.27. The number of rotatable bonds is 4. The van der Waals surface area contributed by atoms with Crippen LogP contribution in [0.15, 0.2) is 30.3 Å². The van der Waals surface area contributed by atoms with Crippen molar-refractivity contribution in [3.63, 3.8) is 0 Å². The maximum atomic E-state index is 5.78. The molecule has 2 rings (SSSR count). The van der Waals surface area contributed by atoms with Crippen LogP contribution in [0, 0.1) is 0 Å². The van der Waals surface area contributed by atoms with Crippen molar-refractivity contribution in [1.82, 2.24) is 20.0 Å². The Labute approximate surface area is 178 Å². The van der Waals surface area contributed by atoms with E-state index in [-0.39, 0.29) is 0 Å². The summed E-state index contributed by atoms with van der Waals surface area (Å²) in [5.41, 5.74) is 1.39. The van der Waals surface area contributed by atoms with Gasteiger partial charge in [0.05, 0.1) is 26.4 Å². The van der Waals surface area contributed by atoms with E-state index in [1.54, 1.807) is 0 Å². The second-order valence-electron chi connectivity index (χ2n) is 7.61. The molecule has 0 amide bonds. The van der Waals surface area contributed by atoms with Crippen LogP contribution in [0.3, 0.4) is 0 Å². The van der Waals surface area contributed by atoms with Gasteiger partial charge in [-0.15, -0.1) is 0 Å². The summed E-state index contributed by atoms with van der Waals surface area (Å²) < 4.78 is 11.5. The van der Waals surface area contributed by atoms with Gasteiger partial charge in [-0.2, -0.15) is 0 Å². The molecule has 1 aliphatic rings. The van der Waals surface area contributed by atoms with Crippen LogP contribution in [-0.2, 0) is 16.0 Å². The molecule has 0 spiro atoms. The van der Waals surface area contributed by atoms with Crippen LogP contribution in [0.4, 0.5) is 0 Å². The van der Waals surface area contributed by atoms with Crippen LogP contribution < -0.4 is 5.32 Å². The molecule has 6 nitrogen and oxygen atoms in total. The van der Waals surface area contributed by atoms with Gasteiger partial charge in [-0.25, -0.2) is 0 Å². The highest BCUT2D eigenvalue weighted by Gasteiger charge is 2.10. The fourth-order valence-corrected chi connectivity index (χ4v) is 3.56. The Hall–Kier alpha value is -1.02. The van der Waals surface area contributed by atoms with Crippen molar-refractivity contribution in [2.24, 2.45) is 0 Å². The minimum Gasteiger partial charge on any atom is -0.378 e. The van der Waals surface area contributed by atoms with E-state index in [9.17, 15) is 0 Å². The zero-order valence-electron chi connectivity index (χ0n) is 18.7. The molecule has 0 aliphatic carbocycles. The molecule has 1 saturated heterocycles. The molecule has 6 heteroatoms. The first kappa shape index (κ1) is 24.3. The van der Waals surface area contributed by atoms with Crippen molar-refractivity contribution in [2.45, 2.75) is 20.4 Å². The summed E-state index contributed by atoms with van der Waals surface area (Å²) in [6.07, 6.45) is 0. The van der Waals surface area contributed by atoms with Gasteiger partial charge in [-0.3, -0.25) is 4.90 Å². The largest absolute Gasteiger partial charge is 0.378 e. The zero-order valence-corrected chi connectivity index (χ0v) is 18.7. The van der Waals surface area contributed by atoms with Gasteiger partial charge in [0.15, 0.2) is 0 Å². The zero-order chi connectivity index (χ0) is 20.6. The second-order valence-corrected chi connectivity index (χ2v) is 7.61. The number of hydrogen-bond donors (Lipinski definition) is 1. The summed E-state index contributed by atoms with van der Waals surface area (Å²) in [4.78, 5) is 7.49. The average molecular weight is 407 g/mol. The van der Waals surface area contributed by atoms with E-state index in [4.69, 9.17) is 9.47 Å². The highest BCUT2D eigenvalue weighted by atomic mass is 16.5. The number of benzene rings is 1. The summed E-state index contributed by atoms with van der Waals surface area (Å²) >= 11 is 0. The Morgan fingerprint density at radius 2 is 1.24 bits per heavy atom. The minimum atomic E-state index is 0.686. The fraction of sp³-hybridized carbons (Fsp3) is 0.739. The van der Waals surface area contributed by atoms with E-state index in [1.165, 1.54) is 5.56 Å². The lowest BCUT2D eigenvalue weighted by Crippen LogP contribution is -2.41. The third-order valence-electron chi connectivity index (χ3n) is 5.56. The van der Waals surface area contributed by atoms with E-state index in [0.717, 1.165) is 85.2 Å². The van der Waals surface area contributed by atoms with Crippen LogP contribution in [-0.4, -0.2) is 107 Å². The standard InChI is InChI=1S/C23H42N4O2/c1-3-25-12-10-24-11-13-27(22-23-8-6-5-7-9-23)15-14-26(4-2)17-19-29-21-20-28-18-16-25/h5-9,24H,3-4,10-22H2,1-2H3. The molecule has 1 aromatic rings. The molecule has 1 heterocycles. The van der Waals surface area contributed by atoms with Gasteiger partial charge in [0, 0.05) is 58.9 Å². The lowest BCUT2D eigenvalue weighted by atomic mass is 10.2. The van der Waals surface area contributed by atoms with Crippen molar-refractivity contribution in [3.05, 3.63) is 35.9 Å². The third kappa shape index (κ3) is 11.1. The molecular weight excluding hydrogens is 364 g/mol. The number of hydrogen-bond acceptors (Lipinski definition) is 6. The van der Waals surface area contributed by atoms with Gasteiger partial charge < -0.3 is 24.6 Å². The molecule has 0 bridgehead atoms. The first-order chi connectivity index (χ1) is 14.3. The van der Waals surface area contributed by atoms with Gasteiger partial charge in [0.2, 0.25) is 0 Å². The molecule has 0 radical (unpaired) electrons. The predicted octanol–water partition coefficient (Wildman–Crippen LogP) is 1.77. The Bertz CT molecular complexity index is 503. The third-order valence-corrected chi connectivity index (χ3v) is 5.56. The highest BCUT2D eigenvalue weighted by molar-refractivity contribution is 5.14. The number of nitrogens with one attached hydrogen (secondary N) is 1. The Morgan fingerprint density at radius 3 is 1.86 bits per heavy atom. The van der Waals surface area contributed by atoms with E-state index in [2.05, 4.69) is 64.2 Å². The second kappa shape index (κ2) is 15.8. The first-order valence-electron chi connectivity index (χ1n) is 11.4. The predicted molar refractivity (Wildman–Crippen MR) is 120 cm³/mol. The number of nitrogens with zero attached hydrogens (tertiary/aromatic N) is 3. The maximum Gasteiger partial charge on any atom is 0.0701 e. The average Bonchev–Trinajstić information content (AvgIpc) is 2.75. The van der Waals surface area contributed by atoms with E-state index in [0.29, 0.717) is 13.2 Å². The monoisotopic (exact) mass is 406 g/mol. The molecule has 0 aromatic heterocycles.